The summed E-state index contributed by atoms with van der Waals surface area (Å²) in [6.45, 7) is 2.17. The average molecular weight is 617 g/mol. The quantitative estimate of drug-likeness (QED) is 0.116. The first kappa shape index (κ1) is 27.9. The molecule has 0 spiro atoms. The standard InChI is InChI=1S/C26H21BrN2O9S/c1-3-36-21-10-16(19(27)12-22(21)37-14-15-4-6-17(7-5-15)29(33)34)11-23-24(30)28(26(32)39-23)13-18-8-9-20(38-18)25(31)35-2/h4-12H,3,13-14H2,1-2H3/b23-11+. The number of hydrogen-bond acceptors (Lipinski definition) is 10. The predicted molar refractivity (Wildman–Crippen MR) is 144 cm³/mol. The number of rotatable bonds is 10. The van der Waals surface area contributed by atoms with Gasteiger partial charge >= 0.3 is 5.97 Å². The third-order valence-corrected chi connectivity index (χ3v) is 7.02. The Labute approximate surface area is 235 Å². The molecule has 0 atom stereocenters. The number of nitrogens with zero attached hydrogens (tertiary/aromatic N) is 2. The minimum atomic E-state index is -0.662. The number of nitro benzene ring substituents is 1. The lowest BCUT2D eigenvalue weighted by atomic mass is 10.1. The third kappa shape index (κ3) is 6.49. The molecule has 0 aliphatic carbocycles. The second-order valence-electron chi connectivity index (χ2n) is 7.99. The fourth-order valence-corrected chi connectivity index (χ4v) is 4.79. The Morgan fingerprint density at radius 1 is 1.13 bits per heavy atom. The number of imide groups is 1. The van der Waals surface area contributed by atoms with E-state index in [1.165, 1.54) is 31.4 Å². The monoisotopic (exact) mass is 616 g/mol. The Bertz CT molecular complexity index is 1470. The molecule has 1 aliphatic heterocycles. The highest BCUT2D eigenvalue weighted by Crippen LogP contribution is 2.39. The van der Waals surface area contributed by atoms with Gasteiger partial charge in [0.25, 0.3) is 16.8 Å². The van der Waals surface area contributed by atoms with Crippen molar-refractivity contribution >= 4 is 56.6 Å². The van der Waals surface area contributed by atoms with E-state index in [0.29, 0.717) is 28.1 Å². The van der Waals surface area contributed by atoms with Crippen LogP contribution in [0.2, 0.25) is 0 Å². The van der Waals surface area contributed by atoms with Crippen LogP contribution in [0.4, 0.5) is 10.5 Å². The lowest BCUT2D eigenvalue weighted by Crippen LogP contribution is -2.27. The lowest BCUT2D eigenvalue weighted by molar-refractivity contribution is -0.384. The van der Waals surface area contributed by atoms with E-state index in [9.17, 15) is 24.5 Å². The first-order valence-corrected chi connectivity index (χ1v) is 13.1. The molecule has 2 amide bonds. The van der Waals surface area contributed by atoms with E-state index in [0.717, 1.165) is 22.2 Å². The zero-order valence-electron chi connectivity index (χ0n) is 20.7. The number of furan rings is 1. The minimum Gasteiger partial charge on any atom is -0.490 e. The van der Waals surface area contributed by atoms with Gasteiger partial charge < -0.3 is 18.6 Å². The lowest BCUT2D eigenvalue weighted by Gasteiger charge is -2.14. The van der Waals surface area contributed by atoms with E-state index in [-0.39, 0.29) is 35.3 Å². The van der Waals surface area contributed by atoms with Crippen LogP contribution in [0.5, 0.6) is 11.5 Å². The number of carbonyl (C=O) groups is 3. The first-order chi connectivity index (χ1) is 18.7. The zero-order valence-corrected chi connectivity index (χ0v) is 23.1. The van der Waals surface area contributed by atoms with Crippen molar-refractivity contribution in [3.05, 3.63) is 90.7 Å². The van der Waals surface area contributed by atoms with Crippen molar-refractivity contribution < 1.29 is 37.9 Å². The Kier molecular flexibility index (Phi) is 8.72. The highest BCUT2D eigenvalue weighted by molar-refractivity contribution is 9.10. The van der Waals surface area contributed by atoms with Crippen LogP contribution >= 0.6 is 27.7 Å². The number of thioether (sulfide) groups is 1. The molecule has 39 heavy (non-hydrogen) atoms. The summed E-state index contributed by atoms with van der Waals surface area (Å²) < 4.78 is 22.2. The molecule has 0 unspecified atom stereocenters. The van der Waals surface area contributed by atoms with Crippen molar-refractivity contribution in [1.82, 2.24) is 4.90 Å². The molecule has 13 heteroatoms. The van der Waals surface area contributed by atoms with Crippen LogP contribution in [0, 0.1) is 10.1 Å². The number of benzene rings is 2. The maximum atomic E-state index is 13.0. The topological polar surface area (TPSA) is 138 Å². The summed E-state index contributed by atoms with van der Waals surface area (Å²) in [7, 11) is 1.22. The summed E-state index contributed by atoms with van der Waals surface area (Å²) in [5.74, 6) is -0.105. The van der Waals surface area contributed by atoms with Crippen molar-refractivity contribution in [2.75, 3.05) is 13.7 Å². The molecule has 4 rings (SSSR count). The van der Waals surface area contributed by atoms with E-state index in [2.05, 4.69) is 20.7 Å². The molecule has 3 aromatic rings. The van der Waals surface area contributed by atoms with Crippen LogP contribution < -0.4 is 9.47 Å². The fourth-order valence-electron chi connectivity index (χ4n) is 3.52. The van der Waals surface area contributed by atoms with E-state index in [4.69, 9.17) is 13.9 Å². The number of esters is 1. The Morgan fingerprint density at radius 3 is 2.51 bits per heavy atom. The van der Waals surface area contributed by atoms with Crippen LogP contribution in [0.1, 0.15) is 34.4 Å². The van der Waals surface area contributed by atoms with Crippen LogP contribution in [0.3, 0.4) is 0 Å². The van der Waals surface area contributed by atoms with E-state index < -0.39 is 22.0 Å². The van der Waals surface area contributed by atoms with Gasteiger partial charge in [0, 0.05) is 16.6 Å². The number of methoxy groups -OCH3 is 1. The van der Waals surface area contributed by atoms with E-state index >= 15 is 0 Å². The van der Waals surface area contributed by atoms with Gasteiger partial charge in [-0.2, -0.15) is 0 Å². The van der Waals surface area contributed by atoms with Crippen molar-refractivity contribution in [2.24, 2.45) is 0 Å². The molecule has 1 aromatic heterocycles. The fraction of sp³-hybridized carbons (Fsp3) is 0.192. The Morgan fingerprint density at radius 2 is 1.85 bits per heavy atom. The SMILES string of the molecule is CCOc1cc(/C=C2/SC(=O)N(Cc3ccc(C(=O)OC)o3)C2=O)c(Br)cc1OCc1ccc([N+](=O)[O-])cc1. The van der Waals surface area contributed by atoms with Gasteiger partial charge in [-0.05, 0) is 72.3 Å². The summed E-state index contributed by atoms with van der Waals surface area (Å²) in [6.07, 6.45) is 1.57. The zero-order chi connectivity index (χ0) is 28.1. The van der Waals surface area contributed by atoms with Gasteiger partial charge in [0.05, 0.1) is 30.1 Å². The second-order valence-corrected chi connectivity index (χ2v) is 9.84. The number of halogens is 1. The Balaban J connectivity index is 1.51. The van der Waals surface area contributed by atoms with E-state index in [1.807, 2.05) is 6.92 Å². The molecule has 0 N–H and O–H groups in total. The highest BCUT2D eigenvalue weighted by Gasteiger charge is 2.36. The average Bonchev–Trinajstić information content (AvgIpc) is 3.49. The number of carbonyl (C=O) groups excluding carboxylic acids is 3. The summed E-state index contributed by atoms with van der Waals surface area (Å²) >= 11 is 4.27. The minimum absolute atomic E-state index is 0.0135. The van der Waals surface area contributed by atoms with Gasteiger partial charge in [0.15, 0.2) is 11.5 Å². The second kappa shape index (κ2) is 12.2. The largest absolute Gasteiger partial charge is 0.490 e. The Hall–Kier alpha value is -4.10. The first-order valence-electron chi connectivity index (χ1n) is 11.4. The predicted octanol–water partition coefficient (Wildman–Crippen LogP) is 5.95. The molecule has 1 saturated heterocycles. The third-order valence-electron chi connectivity index (χ3n) is 5.43. The van der Waals surface area contributed by atoms with Crippen LogP contribution in [0.25, 0.3) is 6.08 Å². The van der Waals surface area contributed by atoms with E-state index in [1.54, 1.807) is 30.3 Å². The molecule has 1 aliphatic rings. The molecule has 2 heterocycles. The molecule has 0 radical (unpaired) electrons. The summed E-state index contributed by atoms with van der Waals surface area (Å²) in [6, 6.07) is 12.3. The van der Waals surface area contributed by atoms with Gasteiger partial charge in [-0.25, -0.2) is 4.79 Å². The molecule has 0 saturated carbocycles. The number of nitro groups is 1. The number of non-ortho nitro benzene ring substituents is 1. The van der Waals surface area contributed by atoms with Gasteiger partial charge in [0.1, 0.15) is 12.4 Å². The van der Waals surface area contributed by atoms with Gasteiger partial charge in [-0.3, -0.25) is 24.6 Å². The van der Waals surface area contributed by atoms with Gasteiger partial charge in [-0.1, -0.05) is 15.9 Å². The van der Waals surface area contributed by atoms with Gasteiger partial charge in [0.2, 0.25) is 5.76 Å². The smallest absolute Gasteiger partial charge is 0.373 e. The number of ether oxygens (including phenoxy) is 3. The molecule has 202 valence electrons. The number of amides is 2. The maximum absolute atomic E-state index is 13.0. The van der Waals surface area contributed by atoms with Crippen LogP contribution in [0.15, 0.2) is 62.3 Å². The van der Waals surface area contributed by atoms with Crippen LogP contribution in [-0.4, -0.2) is 40.7 Å². The molecular weight excluding hydrogens is 596 g/mol. The van der Waals surface area contributed by atoms with Crippen molar-refractivity contribution in [1.29, 1.82) is 0 Å². The molecule has 11 nitrogen and oxygen atoms in total. The van der Waals surface area contributed by atoms with Gasteiger partial charge in [-0.15, -0.1) is 0 Å². The normalized spacial score (nSPS) is 14.1. The molecule has 2 aromatic carbocycles. The maximum Gasteiger partial charge on any atom is 0.373 e. The molecular formula is C26H21BrN2O9S. The van der Waals surface area contributed by atoms with Crippen LogP contribution in [-0.2, 0) is 22.7 Å². The van der Waals surface area contributed by atoms with Crippen molar-refractivity contribution in [3.8, 4) is 11.5 Å². The molecule has 1 fully saturated rings. The molecule has 0 bridgehead atoms. The summed E-state index contributed by atoms with van der Waals surface area (Å²) in [4.78, 5) is 48.8. The summed E-state index contributed by atoms with van der Waals surface area (Å²) in [5, 5.41) is 10.4. The summed E-state index contributed by atoms with van der Waals surface area (Å²) in [5.41, 5.74) is 1.30. The highest BCUT2D eigenvalue weighted by atomic mass is 79.9. The van der Waals surface area contributed by atoms with Crippen molar-refractivity contribution in [3.63, 3.8) is 0 Å². The van der Waals surface area contributed by atoms with Crippen molar-refractivity contribution in [2.45, 2.75) is 20.1 Å². The number of hydrogen-bond donors (Lipinski definition) is 0.